The van der Waals surface area contributed by atoms with E-state index in [2.05, 4.69) is 21.4 Å². The SMILES string of the molecule is CN(Cc1ccc(Br)cc1)C(C(=O)NN)c1ccccc1. The number of carbonyl (C=O) groups excluding carboxylic acids is 1. The highest BCUT2D eigenvalue weighted by atomic mass is 79.9. The van der Waals surface area contributed by atoms with Crippen molar-refractivity contribution in [3.63, 3.8) is 0 Å². The Hall–Kier alpha value is -1.69. The molecule has 0 fully saturated rings. The Bertz CT molecular complexity index is 586. The molecule has 4 nitrogen and oxygen atoms in total. The van der Waals surface area contributed by atoms with E-state index in [1.807, 2.05) is 66.5 Å². The molecule has 0 saturated heterocycles. The van der Waals surface area contributed by atoms with Crippen molar-refractivity contribution < 1.29 is 4.79 Å². The number of amides is 1. The topological polar surface area (TPSA) is 58.4 Å². The number of halogens is 1. The molecule has 2 rings (SSSR count). The summed E-state index contributed by atoms with van der Waals surface area (Å²) in [5.41, 5.74) is 4.30. The highest BCUT2D eigenvalue weighted by molar-refractivity contribution is 9.10. The lowest BCUT2D eigenvalue weighted by Gasteiger charge is -2.27. The fourth-order valence-corrected chi connectivity index (χ4v) is 2.55. The van der Waals surface area contributed by atoms with Crippen LogP contribution in [-0.2, 0) is 11.3 Å². The minimum absolute atomic E-state index is 0.221. The van der Waals surface area contributed by atoms with Crippen LogP contribution >= 0.6 is 15.9 Å². The molecule has 2 aromatic carbocycles. The van der Waals surface area contributed by atoms with Crippen LogP contribution in [-0.4, -0.2) is 17.9 Å². The standard InChI is InChI=1S/C16H18BrN3O/c1-20(11-12-7-9-14(17)10-8-12)15(16(21)19-18)13-5-3-2-4-6-13/h2-10,15H,11,18H2,1H3,(H,19,21). The second-order valence-corrected chi connectivity index (χ2v) is 5.78. The maximum atomic E-state index is 12.1. The van der Waals surface area contributed by atoms with Gasteiger partial charge in [0.25, 0.3) is 5.91 Å². The van der Waals surface area contributed by atoms with Gasteiger partial charge in [-0.05, 0) is 30.3 Å². The number of nitrogens with one attached hydrogen (secondary N) is 1. The molecule has 0 saturated carbocycles. The van der Waals surface area contributed by atoms with E-state index in [9.17, 15) is 4.79 Å². The van der Waals surface area contributed by atoms with Crippen molar-refractivity contribution in [2.45, 2.75) is 12.6 Å². The zero-order chi connectivity index (χ0) is 15.2. The summed E-state index contributed by atoms with van der Waals surface area (Å²) in [6, 6.07) is 17.2. The smallest absolute Gasteiger partial charge is 0.255 e. The van der Waals surface area contributed by atoms with E-state index in [1.54, 1.807) is 0 Å². The molecule has 3 N–H and O–H groups in total. The van der Waals surface area contributed by atoms with Crippen molar-refractivity contribution in [2.24, 2.45) is 5.84 Å². The van der Waals surface area contributed by atoms with Gasteiger partial charge in [0.15, 0.2) is 0 Å². The third kappa shape index (κ3) is 4.14. The molecule has 0 spiro atoms. The van der Waals surface area contributed by atoms with Crippen LogP contribution < -0.4 is 11.3 Å². The Kier molecular flexibility index (Phi) is 5.50. The van der Waals surface area contributed by atoms with Crippen LogP contribution in [0.25, 0.3) is 0 Å². The molecule has 0 bridgehead atoms. The summed E-state index contributed by atoms with van der Waals surface area (Å²) >= 11 is 3.42. The van der Waals surface area contributed by atoms with Gasteiger partial charge in [0, 0.05) is 11.0 Å². The molecule has 0 aliphatic heterocycles. The molecule has 1 atom stereocenters. The van der Waals surface area contributed by atoms with Gasteiger partial charge in [0.05, 0.1) is 0 Å². The fourth-order valence-electron chi connectivity index (χ4n) is 2.29. The van der Waals surface area contributed by atoms with E-state index in [0.717, 1.165) is 15.6 Å². The summed E-state index contributed by atoms with van der Waals surface area (Å²) in [5.74, 6) is 5.11. The van der Waals surface area contributed by atoms with Crippen molar-refractivity contribution in [3.05, 3.63) is 70.2 Å². The molecular weight excluding hydrogens is 330 g/mol. The van der Waals surface area contributed by atoms with E-state index in [-0.39, 0.29) is 5.91 Å². The van der Waals surface area contributed by atoms with Crippen molar-refractivity contribution in [1.29, 1.82) is 0 Å². The van der Waals surface area contributed by atoms with Crippen LogP contribution in [0.2, 0.25) is 0 Å². The normalized spacial score (nSPS) is 12.2. The van der Waals surface area contributed by atoms with Gasteiger partial charge in [0.2, 0.25) is 0 Å². The Balaban J connectivity index is 2.20. The molecule has 110 valence electrons. The molecule has 21 heavy (non-hydrogen) atoms. The number of likely N-dealkylation sites (N-methyl/N-ethyl adjacent to an activating group) is 1. The molecule has 0 heterocycles. The summed E-state index contributed by atoms with van der Waals surface area (Å²) in [6.45, 7) is 0.653. The molecule has 0 aliphatic carbocycles. The van der Waals surface area contributed by atoms with Crippen LogP contribution in [0.3, 0.4) is 0 Å². The first-order chi connectivity index (χ1) is 10.1. The highest BCUT2D eigenvalue weighted by Gasteiger charge is 2.24. The number of hydrogen-bond donors (Lipinski definition) is 2. The minimum atomic E-state index is -0.417. The van der Waals surface area contributed by atoms with Crippen LogP contribution in [0.15, 0.2) is 59.1 Å². The van der Waals surface area contributed by atoms with Gasteiger partial charge >= 0.3 is 0 Å². The van der Waals surface area contributed by atoms with Crippen LogP contribution in [0.4, 0.5) is 0 Å². The quantitative estimate of drug-likeness (QED) is 0.496. The summed E-state index contributed by atoms with van der Waals surface area (Å²) < 4.78 is 1.04. The number of nitrogens with zero attached hydrogens (tertiary/aromatic N) is 1. The van der Waals surface area contributed by atoms with E-state index >= 15 is 0 Å². The zero-order valence-corrected chi connectivity index (χ0v) is 13.4. The van der Waals surface area contributed by atoms with Crippen LogP contribution in [0, 0.1) is 0 Å². The van der Waals surface area contributed by atoms with Gasteiger partial charge < -0.3 is 0 Å². The lowest BCUT2D eigenvalue weighted by molar-refractivity contribution is -0.126. The summed E-state index contributed by atoms with van der Waals surface area (Å²) in [5, 5.41) is 0. The lowest BCUT2D eigenvalue weighted by atomic mass is 10.0. The third-order valence-corrected chi connectivity index (χ3v) is 3.82. The second-order valence-electron chi connectivity index (χ2n) is 4.86. The molecule has 1 amide bonds. The molecule has 2 aromatic rings. The first kappa shape index (κ1) is 15.7. The summed E-state index contributed by atoms with van der Waals surface area (Å²) in [4.78, 5) is 14.1. The Labute approximate surface area is 133 Å². The van der Waals surface area contributed by atoms with Gasteiger partial charge in [-0.1, -0.05) is 58.4 Å². The number of rotatable bonds is 5. The van der Waals surface area contributed by atoms with Crippen molar-refractivity contribution >= 4 is 21.8 Å². The first-order valence-corrected chi connectivity index (χ1v) is 7.41. The van der Waals surface area contributed by atoms with Crippen molar-refractivity contribution in [1.82, 2.24) is 10.3 Å². The van der Waals surface area contributed by atoms with Gasteiger partial charge in [-0.2, -0.15) is 0 Å². The second kappa shape index (κ2) is 7.36. The van der Waals surface area contributed by atoms with Gasteiger partial charge in [-0.3, -0.25) is 15.1 Å². The Morgan fingerprint density at radius 3 is 2.38 bits per heavy atom. The van der Waals surface area contributed by atoms with Gasteiger partial charge in [-0.15, -0.1) is 0 Å². The average molecular weight is 348 g/mol. The van der Waals surface area contributed by atoms with Gasteiger partial charge in [-0.25, -0.2) is 5.84 Å². The summed E-state index contributed by atoms with van der Waals surface area (Å²) in [7, 11) is 1.91. The maximum Gasteiger partial charge on any atom is 0.255 e. The molecule has 0 aromatic heterocycles. The fraction of sp³-hybridized carbons (Fsp3) is 0.188. The van der Waals surface area contributed by atoms with Crippen molar-refractivity contribution in [3.8, 4) is 0 Å². The number of benzene rings is 2. The molecule has 0 aliphatic rings. The first-order valence-electron chi connectivity index (χ1n) is 6.62. The van der Waals surface area contributed by atoms with E-state index in [0.29, 0.717) is 6.54 Å². The Morgan fingerprint density at radius 1 is 1.19 bits per heavy atom. The number of nitrogens with two attached hydrogens (primary N) is 1. The number of hydrogen-bond acceptors (Lipinski definition) is 3. The van der Waals surface area contributed by atoms with Crippen LogP contribution in [0.1, 0.15) is 17.2 Å². The minimum Gasteiger partial charge on any atom is -0.293 e. The highest BCUT2D eigenvalue weighted by Crippen LogP contribution is 2.22. The monoisotopic (exact) mass is 347 g/mol. The van der Waals surface area contributed by atoms with Crippen molar-refractivity contribution in [2.75, 3.05) is 7.05 Å². The van der Waals surface area contributed by atoms with Crippen LogP contribution in [0.5, 0.6) is 0 Å². The Morgan fingerprint density at radius 2 is 1.81 bits per heavy atom. The maximum absolute atomic E-state index is 12.1. The lowest BCUT2D eigenvalue weighted by Crippen LogP contribution is -2.41. The van der Waals surface area contributed by atoms with E-state index in [4.69, 9.17) is 5.84 Å². The zero-order valence-electron chi connectivity index (χ0n) is 11.8. The molecular formula is C16H18BrN3O. The predicted octanol–water partition coefficient (Wildman–Crippen LogP) is 2.61. The summed E-state index contributed by atoms with van der Waals surface area (Å²) in [6.07, 6.45) is 0. The largest absolute Gasteiger partial charge is 0.293 e. The van der Waals surface area contributed by atoms with E-state index in [1.165, 1.54) is 0 Å². The third-order valence-electron chi connectivity index (χ3n) is 3.29. The number of hydrazine groups is 1. The molecule has 1 unspecified atom stereocenters. The molecule has 0 radical (unpaired) electrons. The molecule has 5 heteroatoms. The number of carbonyl (C=O) groups is 1. The predicted molar refractivity (Wildman–Crippen MR) is 87.1 cm³/mol. The van der Waals surface area contributed by atoms with Gasteiger partial charge in [0.1, 0.15) is 6.04 Å². The van der Waals surface area contributed by atoms with E-state index < -0.39 is 6.04 Å². The average Bonchev–Trinajstić information content (AvgIpc) is 2.50.